The average molecular weight is 340 g/mol. The summed E-state index contributed by atoms with van der Waals surface area (Å²) in [6, 6.07) is 2.05. The van der Waals surface area contributed by atoms with Gasteiger partial charge in [0.25, 0.3) is 0 Å². The summed E-state index contributed by atoms with van der Waals surface area (Å²) < 4.78 is 0.885. The minimum Gasteiger partial charge on any atom is -0.356 e. The van der Waals surface area contributed by atoms with Gasteiger partial charge in [-0.1, -0.05) is 34.6 Å². The van der Waals surface area contributed by atoms with Crippen molar-refractivity contribution in [2.45, 2.75) is 59.3 Å². The average Bonchev–Trinajstić information content (AvgIpc) is 2.48. The Balaban J connectivity index is 2.26. The highest BCUT2D eigenvalue weighted by atomic mass is 79.9. The second-order valence-corrected chi connectivity index (χ2v) is 8.44. The number of aromatic nitrogens is 2. The fourth-order valence-corrected chi connectivity index (χ4v) is 2.93. The van der Waals surface area contributed by atoms with Crippen LogP contribution in [0.2, 0.25) is 0 Å². The van der Waals surface area contributed by atoms with Gasteiger partial charge in [-0.05, 0) is 40.6 Å². The van der Waals surface area contributed by atoms with Gasteiger partial charge in [-0.15, -0.1) is 0 Å². The molecule has 2 rings (SSSR count). The van der Waals surface area contributed by atoms with Gasteiger partial charge in [0, 0.05) is 24.6 Å². The molecule has 0 amide bonds. The summed E-state index contributed by atoms with van der Waals surface area (Å²) in [4.78, 5) is 11.7. The summed E-state index contributed by atoms with van der Waals surface area (Å²) in [6.07, 6.45) is 3.75. The number of anilines is 1. The second kappa shape index (κ2) is 5.63. The monoisotopic (exact) mass is 339 g/mol. The Morgan fingerprint density at radius 1 is 1.15 bits per heavy atom. The van der Waals surface area contributed by atoms with Crippen molar-refractivity contribution in [1.82, 2.24) is 9.97 Å². The molecular weight excluding hydrogens is 314 g/mol. The third kappa shape index (κ3) is 3.94. The van der Waals surface area contributed by atoms with E-state index in [1.54, 1.807) is 0 Å². The van der Waals surface area contributed by atoms with E-state index in [0.717, 1.165) is 29.3 Å². The second-order valence-electron chi connectivity index (χ2n) is 7.63. The van der Waals surface area contributed by atoms with Crippen molar-refractivity contribution in [1.29, 1.82) is 0 Å². The quantitative estimate of drug-likeness (QED) is 0.702. The lowest BCUT2D eigenvalue weighted by atomic mass is 9.85. The summed E-state index contributed by atoms with van der Waals surface area (Å²) in [7, 11) is 0. The molecule has 0 aliphatic carbocycles. The molecule has 1 saturated heterocycles. The maximum Gasteiger partial charge on any atom is 0.137 e. The molecule has 0 unspecified atom stereocenters. The van der Waals surface area contributed by atoms with E-state index >= 15 is 0 Å². The predicted molar refractivity (Wildman–Crippen MR) is 88.3 cm³/mol. The van der Waals surface area contributed by atoms with Crippen LogP contribution in [0.3, 0.4) is 0 Å². The SMILES string of the molecule is CC1(C)CCCN(c2cc(Br)nc(C(C)(C)C)n2)CC1. The third-order valence-corrected chi connectivity index (χ3v) is 4.42. The molecule has 1 fully saturated rings. The summed E-state index contributed by atoms with van der Waals surface area (Å²) in [5, 5.41) is 0. The molecule has 2 heterocycles. The van der Waals surface area contributed by atoms with E-state index < -0.39 is 0 Å². The molecule has 0 aromatic carbocycles. The van der Waals surface area contributed by atoms with E-state index in [2.05, 4.69) is 60.4 Å². The van der Waals surface area contributed by atoms with Crippen molar-refractivity contribution >= 4 is 21.7 Å². The van der Waals surface area contributed by atoms with E-state index in [9.17, 15) is 0 Å². The summed E-state index contributed by atoms with van der Waals surface area (Å²) in [6.45, 7) is 13.4. The van der Waals surface area contributed by atoms with Gasteiger partial charge in [0.2, 0.25) is 0 Å². The van der Waals surface area contributed by atoms with E-state index in [1.165, 1.54) is 19.3 Å². The lowest BCUT2D eigenvalue weighted by molar-refractivity contribution is 0.325. The highest BCUT2D eigenvalue weighted by molar-refractivity contribution is 9.10. The predicted octanol–water partition coefficient (Wildman–Crippen LogP) is 4.55. The molecule has 0 N–H and O–H groups in total. The Bertz CT molecular complexity index is 477. The normalized spacial score (nSPS) is 19.8. The Morgan fingerprint density at radius 3 is 2.50 bits per heavy atom. The number of rotatable bonds is 1. The molecular formula is C16H26BrN3. The van der Waals surface area contributed by atoms with E-state index in [1.807, 2.05) is 6.07 Å². The Kier molecular flexibility index (Phi) is 4.43. The van der Waals surface area contributed by atoms with Gasteiger partial charge < -0.3 is 4.90 Å². The first-order chi connectivity index (χ1) is 9.17. The first-order valence-corrected chi connectivity index (χ1v) is 8.27. The van der Waals surface area contributed by atoms with Gasteiger partial charge in [0.1, 0.15) is 16.2 Å². The van der Waals surface area contributed by atoms with Crippen molar-refractivity contribution in [3.8, 4) is 0 Å². The molecule has 0 radical (unpaired) electrons. The maximum absolute atomic E-state index is 4.80. The molecule has 1 aromatic rings. The molecule has 20 heavy (non-hydrogen) atoms. The van der Waals surface area contributed by atoms with Crippen molar-refractivity contribution < 1.29 is 0 Å². The fourth-order valence-electron chi connectivity index (χ4n) is 2.56. The van der Waals surface area contributed by atoms with Crippen LogP contribution >= 0.6 is 15.9 Å². The van der Waals surface area contributed by atoms with Gasteiger partial charge in [-0.2, -0.15) is 0 Å². The van der Waals surface area contributed by atoms with Gasteiger partial charge in [-0.25, -0.2) is 9.97 Å². The molecule has 112 valence electrons. The van der Waals surface area contributed by atoms with Crippen LogP contribution in [0.4, 0.5) is 5.82 Å². The maximum atomic E-state index is 4.80. The first kappa shape index (κ1) is 15.7. The van der Waals surface area contributed by atoms with Crippen molar-refractivity contribution in [2.75, 3.05) is 18.0 Å². The van der Waals surface area contributed by atoms with Crippen LogP contribution in [0.25, 0.3) is 0 Å². The van der Waals surface area contributed by atoms with E-state index in [0.29, 0.717) is 5.41 Å². The Morgan fingerprint density at radius 2 is 1.85 bits per heavy atom. The van der Waals surface area contributed by atoms with Crippen LogP contribution in [-0.2, 0) is 5.41 Å². The number of hydrogen-bond donors (Lipinski definition) is 0. The standard InChI is InChI=1S/C16H26BrN3/c1-15(2,3)14-18-12(17)11-13(19-14)20-9-6-7-16(4,5)8-10-20/h11H,6-10H2,1-5H3. The largest absolute Gasteiger partial charge is 0.356 e. The van der Waals surface area contributed by atoms with Gasteiger partial charge >= 0.3 is 0 Å². The lowest BCUT2D eigenvalue weighted by Crippen LogP contribution is -2.27. The summed E-state index contributed by atoms with van der Waals surface area (Å²) in [5.41, 5.74) is 0.426. The zero-order valence-electron chi connectivity index (χ0n) is 13.3. The zero-order valence-corrected chi connectivity index (χ0v) is 14.9. The van der Waals surface area contributed by atoms with Crippen LogP contribution in [0.5, 0.6) is 0 Å². The molecule has 0 atom stereocenters. The molecule has 3 nitrogen and oxygen atoms in total. The molecule has 0 spiro atoms. The van der Waals surface area contributed by atoms with Crippen molar-refractivity contribution in [3.05, 3.63) is 16.5 Å². The molecule has 1 aromatic heterocycles. The molecule has 0 bridgehead atoms. The molecule has 4 heteroatoms. The van der Waals surface area contributed by atoms with Crippen molar-refractivity contribution in [3.63, 3.8) is 0 Å². The molecule has 1 aliphatic rings. The molecule has 1 aliphatic heterocycles. The van der Waals surface area contributed by atoms with Gasteiger partial charge in [0.05, 0.1) is 0 Å². The van der Waals surface area contributed by atoms with Crippen LogP contribution < -0.4 is 4.90 Å². The van der Waals surface area contributed by atoms with Crippen LogP contribution in [0.1, 0.15) is 59.7 Å². The minimum absolute atomic E-state index is 0.0242. The first-order valence-electron chi connectivity index (χ1n) is 7.47. The Labute approximate surface area is 131 Å². The number of halogens is 1. The summed E-state index contributed by atoms with van der Waals surface area (Å²) in [5.74, 6) is 1.97. The minimum atomic E-state index is -0.0242. The Hall–Kier alpha value is -0.640. The highest BCUT2D eigenvalue weighted by Crippen LogP contribution is 2.32. The summed E-state index contributed by atoms with van der Waals surface area (Å²) >= 11 is 3.54. The number of hydrogen-bond acceptors (Lipinski definition) is 3. The van der Waals surface area contributed by atoms with Gasteiger partial charge in [0.15, 0.2) is 0 Å². The van der Waals surface area contributed by atoms with Crippen LogP contribution in [0.15, 0.2) is 10.7 Å². The lowest BCUT2D eigenvalue weighted by Gasteiger charge is -2.26. The van der Waals surface area contributed by atoms with E-state index in [4.69, 9.17) is 4.98 Å². The van der Waals surface area contributed by atoms with Crippen LogP contribution in [0, 0.1) is 5.41 Å². The van der Waals surface area contributed by atoms with Crippen LogP contribution in [-0.4, -0.2) is 23.1 Å². The van der Waals surface area contributed by atoms with Crippen molar-refractivity contribution in [2.24, 2.45) is 5.41 Å². The third-order valence-electron chi connectivity index (χ3n) is 4.02. The highest BCUT2D eigenvalue weighted by Gasteiger charge is 2.25. The van der Waals surface area contributed by atoms with E-state index in [-0.39, 0.29) is 5.41 Å². The fraction of sp³-hybridized carbons (Fsp3) is 0.750. The topological polar surface area (TPSA) is 29.0 Å². The smallest absolute Gasteiger partial charge is 0.137 e. The number of nitrogens with zero attached hydrogens (tertiary/aromatic N) is 3. The molecule has 0 saturated carbocycles. The van der Waals surface area contributed by atoms with Gasteiger partial charge in [-0.3, -0.25) is 0 Å². The zero-order chi connectivity index (χ0) is 15.0.